The number of carbonyl (C=O) groups is 1. The van der Waals surface area contributed by atoms with Crippen LogP contribution in [0.3, 0.4) is 0 Å². The molecule has 3 rings (SSSR count). The molecule has 33 heavy (non-hydrogen) atoms. The largest absolute Gasteiger partial charge is 0.493 e. The third kappa shape index (κ3) is 6.36. The topological polar surface area (TPSA) is 111 Å². The van der Waals surface area contributed by atoms with Crippen LogP contribution < -0.4 is 19.1 Å². The van der Waals surface area contributed by atoms with E-state index in [0.29, 0.717) is 21.0 Å². The Morgan fingerprint density at radius 1 is 1.12 bits per heavy atom. The lowest BCUT2D eigenvalue weighted by molar-refractivity contribution is -0.116. The highest BCUT2D eigenvalue weighted by molar-refractivity contribution is 8.00. The predicted octanol–water partition coefficient (Wildman–Crippen LogP) is 3.64. The van der Waals surface area contributed by atoms with E-state index in [1.807, 2.05) is 30.3 Å². The van der Waals surface area contributed by atoms with E-state index in [2.05, 4.69) is 15.5 Å². The number of ether oxygens (including phenoxy) is 2. The molecule has 0 spiro atoms. The van der Waals surface area contributed by atoms with Crippen LogP contribution in [-0.4, -0.2) is 51.0 Å². The van der Waals surface area contributed by atoms with E-state index < -0.39 is 22.0 Å². The standard InChI is InChI=1S/C21H24N4O5S3/c1-14(25(33(4,27)28)16-10-11-17(29-2)18(12-16)30-3)19(26)22-20-23-24-21(32-20)31-13-15-8-6-5-7-9-15/h5-12,14H,13H2,1-4H3,(H,22,23,26). The molecule has 0 fully saturated rings. The fraction of sp³-hybridized carbons (Fsp3) is 0.286. The summed E-state index contributed by atoms with van der Waals surface area (Å²) < 4.78 is 37.3. The summed E-state index contributed by atoms with van der Waals surface area (Å²) in [6, 6.07) is 13.5. The van der Waals surface area contributed by atoms with Gasteiger partial charge in [-0.1, -0.05) is 53.4 Å². The van der Waals surface area contributed by atoms with E-state index in [4.69, 9.17) is 9.47 Å². The second-order valence-corrected chi connectivity index (χ2v) is 11.0. The first-order valence-electron chi connectivity index (χ1n) is 9.75. The zero-order valence-electron chi connectivity index (χ0n) is 18.5. The summed E-state index contributed by atoms with van der Waals surface area (Å²) in [5.74, 6) is 0.980. The number of anilines is 2. The number of methoxy groups -OCH3 is 2. The first kappa shape index (κ1) is 24.8. The van der Waals surface area contributed by atoms with Crippen molar-refractivity contribution in [3.05, 3.63) is 54.1 Å². The first-order valence-corrected chi connectivity index (χ1v) is 13.4. The van der Waals surface area contributed by atoms with Crippen molar-refractivity contribution in [2.24, 2.45) is 0 Å². The van der Waals surface area contributed by atoms with Crippen LogP contribution in [0.15, 0.2) is 52.9 Å². The van der Waals surface area contributed by atoms with Crippen molar-refractivity contribution in [2.75, 3.05) is 30.1 Å². The molecule has 12 heteroatoms. The molecule has 0 bridgehead atoms. The molecule has 1 aromatic heterocycles. The molecule has 1 amide bonds. The summed E-state index contributed by atoms with van der Waals surface area (Å²) in [5.41, 5.74) is 1.42. The van der Waals surface area contributed by atoms with Gasteiger partial charge in [-0.2, -0.15) is 0 Å². The third-order valence-corrected chi connectivity index (χ3v) is 7.84. The third-order valence-electron chi connectivity index (χ3n) is 4.55. The summed E-state index contributed by atoms with van der Waals surface area (Å²) in [4.78, 5) is 12.9. The average molecular weight is 509 g/mol. The zero-order chi connectivity index (χ0) is 24.0. The van der Waals surface area contributed by atoms with Crippen molar-refractivity contribution in [3.8, 4) is 11.5 Å². The molecule has 9 nitrogen and oxygen atoms in total. The Bertz CT molecular complexity index is 1200. The van der Waals surface area contributed by atoms with E-state index in [-0.39, 0.29) is 5.69 Å². The van der Waals surface area contributed by atoms with Crippen LogP contribution in [0.5, 0.6) is 11.5 Å². The van der Waals surface area contributed by atoms with E-state index in [1.165, 1.54) is 50.3 Å². The van der Waals surface area contributed by atoms with Crippen LogP contribution in [0.2, 0.25) is 0 Å². The molecule has 0 radical (unpaired) electrons. The molecule has 176 valence electrons. The van der Waals surface area contributed by atoms with Gasteiger partial charge in [0.2, 0.25) is 21.1 Å². The molecule has 1 unspecified atom stereocenters. The summed E-state index contributed by atoms with van der Waals surface area (Å²) in [5, 5.41) is 11.1. The number of aromatic nitrogens is 2. The highest BCUT2D eigenvalue weighted by Gasteiger charge is 2.30. The van der Waals surface area contributed by atoms with Crippen LogP contribution in [0.4, 0.5) is 10.8 Å². The number of rotatable bonds is 10. The minimum absolute atomic E-state index is 0.272. The van der Waals surface area contributed by atoms with Gasteiger partial charge < -0.3 is 9.47 Å². The van der Waals surface area contributed by atoms with Gasteiger partial charge in [0.15, 0.2) is 15.8 Å². The van der Waals surface area contributed by atoms with Gasteiger partial charge >= 0.3 is 0 Å². The number of hydrogen-bond donors (Lipinski definition) is 1. The fourth-order valence-electron chi connectivity index (χ4n) is 3.02. The lowest BCUT2D eigenvalue weighted by atomic mass is 10.2. The molecule has 0 saturated heterocycles. The lowest BCUT2D eigenvalue weighted by Crippen LogP contribution is -2.45. The highest BCUT2D eigenvalue weighted by Crippen LogP contribution is 2.34. The molecule has 0 aliphatic rings. The molecular formula is C21H24N4O5S3. The van der Waals surface area contributed by atoms with Gasteiger partial charge in [-0.15, -0.1) is 10.2 Å². The monoisotopic (exact) mass is 508 g/mol. The number of benzene rings is 2. The molecule has 1 N–H and O–H groups in total. The molecule has 1 atom stereocenters. The summed E-state index contributed by atoms with van der Waals surface area (Å²) in [7, 11) is -0.861. The number of nitrogens with one attached hydrogen (secondary N) is 1. The quantitative estimate of drug-likeness (QED) is 0.326. The van der Waals surface area contributed by atoms with Crippen molar-refractivity contribution in [3.63, 3.8) is 0 Å². The maximum atomic E-state index is 12.9. The SMILES string of the molecule is COc1ccc(N(C(C)C(=O)Nc2nnc(SCc3ccccc3)s2)S(C)(=O)=O)cc1OC. The zero-order valence-corrected chi connectivity index (χ0v) is 21.0. The van der Waals surface area contributed by atoms with Crippen molar-refractivity contribution < 1.29 is 22.7 Å². The van der Waals surface area contributed by atoms with Crippen molar-refractivity contribution in [1.82, 2.24) is 10.2 Å². The number of thioether (sulfide) groups is 1. The lowest BCUT2D eigenvalue weighted by Gasteiger charge is -2.28. The summed E-state index contributed by atoms with van der Waals surface area (Å²) in [6.45, 7) is 1.50. The van der Waals surface area contributed by atoms with Crippen molar-refractivity contribution in [1.29, 1.82) is 0 Å². The smallest absolute Gasteiger partial charge is 0.249 e. The molecule has 1 heterocycles. The van der Waals surface area contributed by atoms with Gasteiger partial charge in [0, 0.05) is 11.8 Å². The Morgan fingerprint density at radius 3 is 2.45 bits per heavy atom. The molecule has 0 saturated carbocycles. The predicted molar refractivity (Wildman–Crippen MR) is 131 cm³/mol. The molecule has 0 aliphatic carbocycles. The van der Waals surface area contributed by atoms with Gasteiger partial charge in [-0.25, -0.2) is 8.42 Å². The van der Waals surface area contributed by atoms with Crippen LogP contribution in [0.25, 0.3) is 0 Å². The maximum Gasteiger partial charge on any atom is 0.249 e. The summed E-state index contributed by atoms with van der Waals surface area (Å²) >= 11 is 2.73. The molecule has 0 aliphatic heterocycles. The van der Waals surface area contributed by atoms with Crippen LogP contribution in [0.1, 0.15) is 12.5 Å². The van der Waals surface area contributed by atoms with Crippen LogP contribution >= 0.6 is 23.1 Å². The summed E-state index contributed by atoms with van der Waals surface area (Å²) in [6.07, 6.45) is 1.04. The highest BCUT2D eigenvalue weighted by atomic mass is 32.2. The van der Waals surface area contributed by atoms with Gasteiger partial charge in [0.25, 0.3) is 0 Å². The van der Waals surface area contributed by atoms with Gasteiger partial charge in [0.1, 0.15) is 6.04 Å². The fourth-order valence-corrected chi connectivity index (χ4v) is 5.90. The molecular weight excluding hydrogens is 484 g/mol. The minimum Gasteiger partial charge on any atom is -0.493 e. The number of sulfonamides is 1. The maximum absolute atomic E-state index is 12.9. The number of amides is 1. The van der Waals surface area contributed by atoms with Gasteiger partial charge in [-0.3, -0.25) is 14.4 Å². The average Bonchev–Trinajstić information content (AvgIpc) is 3.24. The van der Waals surface area contributed by atoms with Crippen LogP contribution in [0, 0.1) is 0 Å². The number of hydrogen-bond acceptors (Lipinski definition) is 9. The molecule has 3 aromatic rings. The van der Waals surface area contributed by atoms with Crippen molar-refractivity contribution >= 4 is 49.8 Å². The van der Waals surface area contributed by atoms with Gasteiger partial charge in [0.05, 0.1) is 26.2 Å². The van der Waals surface area contributed by atoms with E-state index in [0.717, 1.165) is 21.9 Å². The Hall–Kier alpha value is -2.83. The normalized spacial score (nSPS) is 12.1. The Kier molecular flexibility index (Phi) is 8.16. The van der Waals surface area contributed by atoms with E-state index >= 15 is 0 Å². The number of nitrogens with zero attached hydrogens (tertiary/aromatic N) is 3. The Labute approximate surface area is 201 Å². The van der Waals surface area contributed by atoms with Crippen molar-refractivity contribution in [2.45, 2.75) is 23.1 Å². The molecule has 2 aromatic carbocycles. The second-order valence-electron chi connectivity index (χ2n) is 6.91. The van der Waals surface area contributed by atoms with Gasteiger partial charge in [-0.05, 0) is 24.6 Å². The van der Waals surface area contributed by atoms with E-state index in [9.17, 15) is 13.2 Å². The van der Waals surface area contributed by atoms with Crippen LogP contribution in [-0.2, 0) is 20.6 Å². The Morgan fingerprint density at radius 2 is 1.82 bits per heavy atom. The Balaban J connectivity index is 1.73. The number of carbonyl (C=O) groups excluding carboxylic acids is 1. The minimum atomic E-state index is -3.79. The second kappa shape index (κ2) is 10.9. The van der Waals surface area contributed by atoms with E-state index in [1.54, 1.807) is 12.1 Å². The first-order chi connectivity index (χ1) is 15.7.